The molecular formula is C18H16N2OS. The van der Waals surface area contributed by atoms with Crippen molar-refractivity contribution in [2.24, 2.45) is 0 Å². The van der Waals surface area contributed by atoms with Crippen LogP contribution in [0.2, 0.25) is 0 Å². The number of likely N-dealkylation sites (N-methyl/N-ethyl adjacent to an activating group) is 1. The molecule has 3 nitrogen and oxygen atoms in total. The molecule has 22 heavy (non-hydrogen) atoms. The summed E-state index contributed by atoms with van der Waals surface area (Å²) >= 11 is 5.42. The molecule has 1 aliphatic rings. The van der Waals surface area contributed by atoms with Gasteiger partial charge in [-0.15, -0.1) is 0 Å². The number of amides is 1. The van der Waals surface area contributed by atoms with Gasteiger partial charge < -0.3 is 4.90 Å². The summed E-state index contributed by atoms with van der Waals surface area (Å²) in [6.45, 7) is 0.495. The van der Waals surface area contributed by atoms with Crippen LogP contribution in [0.15, 0.2) is 66.4 Å². The highest BCUT2D eigenvalue weighted by Gasteiger charge is 2.35. The van der Waals surface area contributed by atoms with Crippen molar-refractivity contribution in [1.29, 1.82) is 0 Å². The molecule has 0 aromatic heterocycles. The molecule has 0 atom stereocenters. The van der Waals surface area contributed by atoms with Crippen molar-refractivity contribution >= 4 is 29.3 Å². The number of rotatable bonds is 3. The van der Waals surface area contributed by atoms with Crippen LogP contribution in [0.25, 0.3) is 6.08 Å². The monoisotopic (exact) mass is 308 g/mol. The second-order valence-corrected chi connectivity index (χ2v) is 5.52. The summed E-state index contributed by atoms with van der Waals surface area (Å²) in [6.07, 6.45) is 1.87. The first-order valence-electron chi connectivity index (χ1n) is 7.07. The molecule has 2 aromatic rings. The molecule has 110 valence electrons. The molecule has 0 aliphatic carbocycles. The van der Waals surface area contributed by atoms with Gasteiger partial charge in [0.15, 0.2) is 5.11 Å². The molecule has 1 heterocycles. The van der Waals surface area contributed by atoms with E-state index in [2.05, 4.69) is 0 Å². The summed E-state index contributed by atoms with van der Waals surface area (Å²) in [5.41, 5.74) is 2.65. The first kappa shape index (κ1) is 14.5. The lowest BCUT2D eigenvalue weighted by Gasteiger charge is -2.16. The number of benzene rings is 2. The van der Waals surface area contributed by atoms with Crippen LogP contribution in [0.1, 0.15) is 11.1 Å². The van der Waals surface area contributed by atoms with Crippen molar-refractivity contribution in [3.05, 3.63) is 77.5 Å². The predicted octanol–water partition coefficient (Wildman–Crippen LogP) is 3.29. The number of thiocarbonyl (C=S) groups is 1. The van der Waals surface area contributed by atoms with E-state index < -0.39 is 0 Å². The lowest BCUT2D eigenvalue weighted by atomic mass is 10.2. The van der Waals surface area contributed by atoms with Gasteiger partial charge in [0.05, 0.1) is 6.54 Å². The second kappa shape index (κ2) is 6.12. The minimum Gasteiger partial charge on any atom is -0.317 e. The van der Waals surface area contributed by atoms with E-state index in [1.807, 2.05) is 73.8 Å². The Labute approximate surface area is 135 Å². The van der Waals surface area contributed by atoms with Crippen molar-refractivity contribution < 1.29 is 4.79 Å². The van der Waals surface area contributed by atoms with Gasteiger partial charge in [0, 0.05) is 7.05 Å². The minimum absolute atomic E-state index is 0.0554. The Hall–Kier alpha value is -2.46. The molecule has 1 aliphatic heterocycles. The third-order valence-electron chi connectivity index (χ3n) is 3.63. The molecule has 0 unspecified atom stereocenters. The number of nitrogens with zero attached hydrogens (tertiary/aromatic N) is 2. The van der Waals surface area contributed by atoms with Gasteiger partial charge in [-0.2, -0.15) is 0 Å². The summed E-state index contributed by atoms with van der Waals surface area (Å²) in [4.78, 5) is 16.1. The van der Waals surface area contributed by atoms with Gasteiger partial charge in [-0.1, -0.05) is 60.7 Å². The lowest BCUT2D eigenvalue weighted by molar-refractivity contribution is -0.122. The van der Waals surface area contributed by atoms with Crippen LogP contribution in [0.4, 0.5) is 0 Å². The van der Waals surface area contributed by atoms with E-state index in [0.717, 1.165) is 11.1 Å². The second-order valence-electron chi connectivity index (χ2n) is 5.16. The molecule has 4 heteroatoms. The highest BCUT2D eigenvalue weighted by atomic mass is 32.1. The summed E-state index contributed by atoms with van der Waals surface area (Å²) in [5.74, 6) is -0.0554. The van der Waals surface area contributed by atoms with E-state index in [1.54, 1.807) is 9.80 Å². The van der Waals surface area contributed by atoms with Gasteiger partial charge in [-0.25, -0.2) is 0 Å². The fraction of sp³-hybridized carbons (Fsp3) is 0.111. The fourth-order valence-electron chi connectivity index (χ4n) is 2.42. The molecule has 0 spiro atoms. The highest BCUT2D eigenvalue weighted by molar-refractivity contribution is 7.80. The van der Waals surface area contributed by atoms with E-state index in [4.69, 9.17) is 12.2 Å². The first-order valence-corrected chi connectivity index (χ1v) is 7.48. The standard InChI is InChI=1S/C18H16N2OS/c1-19-16(12-14-8-4-2-5-9-14)17(21)20(18(19)22)13-15-10-6-3-7-11-15/h2-12H,13H2,1H3. The Morgan fingerprint density at radius 2 is 1.59 bits per heavy atom. The largest absolute Gasteiger partial charge is 0.317 e. The van der Waals surface area contributed by atoms with Crippen LogP contribution >= 0.6 is 12.2 Å². The quantitative estimate of drug-likeness (QED) is 0.642. The molecule has 1 saturated heterocycles. The van der Waals surface area contributed by atoms with E-state index in [0.29, 0.717) is 17.4 Å². The van der Waals surface area contributed by atoms with Crippen molar-refractivity contribution in [1.82, 2.24) is 9.80 Å². The Bertz CT molecular complexity index is 725. The average Bonchev–Trinajstić information content (AvgIpc) is 2.75. The lowest BCUT2D eigenvalue weighted by Crippen LogP contribution is -2.30. The zero-order chi connectivity index (χ0) is 15.5. The summed E-state index contributed by atoms with van der Waals surface area (Å²) in [7, 11) is 1.83. The van der Waals surface area contributed by atoms with Crippen LogP contribution < -0.4 is 0 Å². The minimum atomic E-state index is -0.0554. The van der Waals surface area contributed by atoms with E-state index in [1.165, 1.54) is 0 Å². The zero-order valence-electron chi connectivity index (χ0n) is 12.3. The Morgan fingerprint density at radius 1 is 1.00 bits per heavy atom. The van der Waals surface area contributed by atoms with E-state index >= 15 is 0 Å². The van der Waals surface area contributed by atoms with Crippen LogP contribution in [-0.2, 0) is 11.3 Å². The highest BCUT2D eigenvalue weighted by Crippen LogP contribution is 2.23. The normalized spacial score (nSPS) is 16.7. The molecule has 3 rings (SSSR count). The van der Waals surface area contributed by atoms with Crippen molar-refractivity contribution in [2.45, 2.75) is 6.54 Å². The molecule has 0 saturated carbocycles. The number of hydrogen-bond acceptors (Lipinski definition) is 2. The van der Waals surface area contributed by atoms with E-state index in [-0.39, 0.29) is 5.91 Å². The number of hydrogen-bond donors (Lipinski definition) is 0. The van der Waals surface area contributed by atoms with Gasteiger partial charge in [0.25, 0.3) is 5.91 Å². The molecule has 2 aromatic carbocycles. The third kappa shape index (κ3) is 2.78. The van der Waals surface area contributed by atoms with Crippen molar-refractivity contribution in [2.75, 3.05) is 7.05 Å². The van der Waals surface area contributed by atoms with Crippen LogP contribution in [0, 0.1) is 0 Å². The third-order valence-corrected chi connectivity index (χ3v) is 4.12. The smallest absolute Gasteiger partial charge is 0.277 e. The van der Waals surface area contributed by atoms with Gasteiger partial charge in [0.1, 0.15) is 5.70 Å². The van der Waals surface area contributed by atoms with Crippen molar-refractivity contribution in [3.8, 4) is 0 Å². The molecule has 0 bridgehead atoms. The molecule has 1 amide bonds. The van der Waals surface area contributed by atoms with Gasteiger partial charge in [0.2, 0.25) is 0 Å². The Kier molecular flexibility index (Phi) is 4.02. The Morgan fingerprint density at radius 3 is 2.23 bits per heavy atom. The predicted molar refractivity (Wildman–Crippen MR) is 91.8 cm³/mol. The van der Waals surface area contributed by atoms with E-state index in [9.17, 15) is 4.79 Å². The maximum atomic E-state index is 12.7. The van der Waals surface area contributed by atoms with Crippen LogP contribution in [0.5, 0.6) is 0 Å². The number of carbonyl (C=O) groups is 1. The van der Waals surface area contributed by atoms with Crippen molar-refractivity contribution in [3.63, 3.8) is 0 Å². The number of carbonyl (C=O) groups excluding carboxylic acids is 1. The molecule has 0 N–H and O–H groups in total. The average molecular weight is 308 g/mol. The SMILES string of the molecule is CN1C(=S)N(Cc2ccccc2)C(=O)C1=Cc1ccccc1. The fourth-order valence-corrected chi connectivity index (χ4v) is 2.67. The summed E-state index contributed by atoms with van der Waals surface area (Å²) in [5, 5.41) is 0.538. The molecule has 1 fully saturated rings. The van der Waals surface area contributed by atoms with Gasteiger partial charge in [-0.3, -0.25) is 9.69 Å². The summed E-state index contributed by atoms with van der Waals surface area (Å²) in [6, 6.07) is 19.7. The van der Waals surface area contributed by atoms with Crippen LogP contribution in [0.3, 0.4) is 0 Å². The first-order chi connectivity index (χ1) is 10.7. The Balaban J connectivity index is 1.88. The maximum Gasteiger partial charge on any atom is 0.277 e. The van der Waals surface area contributed by atoms with Gasteiger partial charge >= 0.3 is 0 Å². The van der Waals surface area contributed by atoms with Gasteiger partial charge in [-0.05, 0) is 29.4 Å². The maximum absolute atomic E-state index is 12.7. The topological polar surface area (TPSA) is 23.6 Å². The zero-order valence-corrected chi connectivity index (χ0v) is 13.1. The molecular weight excluding hydrogens is 292 g/mol. The molecule has 0 radical (unpaired) electrons. The van der Waals surface area contributed by atoms with Crippen LogP contribution in [-0.4, -0.2) is 27.9 Å². The summed E-state index contributed by atoms with van der Waals surface area (Å²) < 4.78 is 0.